The zero-order valence-corrected chi connectivity index (χ0v) is 11.3. The average molecular weight is 299 g/mol. The van der Waals surface area contributed by atoms with E-state index in [1.54, 1.807) is 18.2 Å². The van der Waals surface area contributed by atoms with Gasteiger partial charge in [0.1, 0.15) is 5.02 Å². The van der Waals surface area contributed by atoms with Gasteiger partial charge in [0.15, 0.2) is 0 Å². The molecule has 7 heteroatoms. The topological polar surface area (TPSA) is 61.2 Å². The Morgan fingerprint density at radius 3 is 2.68 bits per heavy atom. The van der Waals surface area contributed by atoms with Crippen LogP contribution in [0.1, 0.15) is 10.4 Å². The number of esters is 1. The summed E-state index contributed by atoms with van der Waals surface area (Å²) in [5.74, 6) is -0.574. The third-order valence-electron chi connectivity index (χ3n) is 2.41. The summed E-state index contributed by atoms with van der Waals surface area (Å²) in [6.45, 7) is 0. The molecule has 0 saturated carbocycles. The number of methoxy groups -OCH3 is 1. The molecule has 0 saturated heterocycles. The van der Waals surface area contributed by atoms with E-state index in [0.717, 1.165) is 4.68 Å². The number of aromatic nitrogens is 2. The Morgan fingerprint density at radius 1 is 1.32 bits per heavy atom. The lowest BCUT2D eigenvalue weighted by Crippen LogP contribution is -2.23. The first-order valence-electron chi connectivity index (χ1n) is 5.17. The largest absolute Gasteiger partial charge is 0.465 e. The number of hydrogen-bond acceptors (Lipinski definition) is 4. The van der Waals surface area contributed by atoms with Gasteiger partial charge in [0.05, 0.1) is 29.6 Å². The molecule has 98 valence electrons. The van der Waals surface area contributed by atoms with Crippen LogP contribution in [0.25, 0.3) is 5.69 Å². The van der Waals surface area contributed by atoms with Crippen molar-refractivity contribution in [1.82, 2.24) is 9.78 Å². The molecule has 19 heavy (non-hydrogen) atoms. The van der Waals surface area contributed by atoms with E-state index in [1.807, 2.05) is 0 Å². The Kier molecular flexibility index (Phi) is 3.87. The minimum Gasteiger partial charge on any atom is -0.465 e. The number of rotatable bonds is 2. The van der Waals surface area contributed by atoms with Gasteiger partial charge in [-0.15, -0.1) is 0 Å². The van der Waals surface area contributed by atoms with Crippen molar-refractivity contribution in [3.63, 3.8) is 0 Å². The smallest absolute Gasteiger partial charge is 0.340 e. The molecule has 0 N–H and O–H groups in total. The third kappa shape index (κ3) is 2.47. The zero-order valence-electron chi connectivity index (χ0n) is 9.76. The van der Waals surface area contributed by atoms with E-state index >= 15 is 0 Å². The first-order valence-corrected chi connectivity index (χ1v) is 5.93. The Labute approximate surface area is 118 Å². The van der Waals surface area contributed by atoms with E-state index in [4.69, 9.17) is 23.2 Å². The molecule has 2 rings (SSSR count). The van der Waals surface area contributed by atoms with Crippen molar-refractivity contribution in [3.05, 3.63) is 56.4 Å². The quantitative estimate of drug-likeness (QED) is 0.798. The Morgan fingerprint density at radius 2 is 2.00 bits per heavy atom. The van der Waals surface area contributed by atoms with Gasteiger partial charge in [0.2, 0.25) is 0 Å². The molecule has 0 spiro atoms. The van der Waals surface area contributed by atoms with Crippen LogP contribution in [0, 0.1) is 0 Å². The van der Waals surface area contributed by atoms with Gasteiger partial charge < -0.3 is 4.74 Å². The van der Waals surface area contributed by atoms with Crippen molar-refractivity contribution < 1.29 is 9.53 Å². The summed E-state index contributed by atoms with van der Waals surface area (Å²) < 4.78 is 5.65. The van der Waals surface area contributed by atoms with Gasteiger partial charge in [-0.25, -0.2) is 4.79 Å². The van der Waals surface area contributed by atoms with E-state index in [-0.39, 0.29) is 21.3 Å². The number of halogens is 2. The molecule has 2 aromatic rings. The SMILES string of the molecule is COC(=O)c1ccccc1-n1ncc(Cl)c(Cl)c1=O. The standard InChI is InChI=1S/C12H8Cl2N2O3/c1-19-12(18)7-4-2-3-5-9(7)16-11(17)10(14)8(13)6-15-16/h2-6H,1H3. The highest BCUT2D eigenvalue weighted by Gasteiger charge is 2.16. The summed E-state index contributed by atoms with van der Waals surface area (Å²) >= 11 is 11.5. The molecule has 1 aromatic carbocycles. The highest BCUT2D eigenvalue weighted by molar-refractivity contribution is 6.41. The number of ether oxygens (including phenoxy) is 1. The number of carbonyl (C=O) groups excluding carboxylic acids is 1. The van der Waals surface area contributed by atoms with E-state index in [0.29, 0.717) is 0 Å². The summed E-state index contributed by atoms with van der Waals surface area (Å²) in [7, 11) is 1.25. The summed E-state index contributed by atoms with van der Waals surface area (Å²) in [5, 5.41) is 3.76. The molecule has 1 aromatic heterocycles. The highest BCUT2D eigenvalue weighted by Crippen LogP contribution is 2.18. The van der Waals surface area contributed by atoms with Crippen molar-refractivity contribution >= 4 is 29.2 Å². The van der Waals surface area contributed by atoms with Crippen molar-refractivity contribution in [1.29, 1.82) is 0 Å². The second-order valence-corrected chi connectivity index (χ2v) is 4.32. The van der Waals surface area contributed by atoms with Gasteiger partial charge in [0, 0.05) is 0 Å². The van der Waals surface area contributed by atoms with Gasteiger partial charge in [0.25, 0.3) is 5.56 Å². The van der Waals surface area contributed by atoms with E-state index in [2.05, 4.69) is 9.84 Å². The van der Waals surface area contributed by atoms with E-state index in [9.17, 15) is 9.59 Å². The van der Waals surface area contributed by atoms with Crippen LogP contribution in [0.5, 0.6) is 0 Å². The predicted octanol–water partition coefficient (Wildman–Crippen LogP) is 2.33. The zero-order chi connectivity index (χ0) is 14.0. The normalized spacial score (nSPS) is 10.3. The number of nitrogens with zero attached hydrogens (tertiary/aromatic N) is 2. The van der Waals surface area contributed by atoms with Crippen LogP contribution < -0.4 is 5.56 Å². The van der Waals surface area contributed by atoms with Gasteiger partial charge in [-0.3, -0.25) is 4.79 Å². The monoisotopic (exact) mass is 298 g/mol. The molecule has 0 fully saturated rings. The molecule has 1 heterocycles. The minimum atomic E-state index is -0.606. The van der Waals surface area contributed by atoms with Crippen molar-refractivity contribution in [3.8, 4) is 5.69 Å². The maximum atomic E-state index is 12.0. The molecule has 0 bridgehead atoms. The second kappa shape index (κ2) is 5.42. The van der Waals surface area contributed by atoms with Crippen LogP contribution in [0.3, 0.4) is 0 Å². The fourth-order valence-electron chi connectivity index (χ4n) is 1.53. The Balaban J connectivity index is 2.70. The summed E-state index contributed by atoms with van der Waals surface area (Å²) in [4.78, 5) is 23.6. The summed E-state index contributed by atoms with van der Waals surface area (Å²) in [5.41, 5.74) is -0.124. The molecule has 0 unspecified atom stereocenters. The maximum absolute atomic E-state index is 12.0. The van der Waals surface area contributed by atoms with Crippen LogP contribution >= 0.6 is 23.2 Å². The van der Waals surface area contributed by atoms with E-state index in [1.165, 1.54) is 19.4 Å². The van der Waals surface area contributed by atoms with Crippen LogP contribution in [0.2, 0.25) is 10.0 Å². The van der Waals surface area contributed by atoms with Gasteiger partial charge in [-0.05, 0) is 12.1 Å². The number of carbonyl (C=O) groups is 1. The van der Waals surface area contributed by atoms with Gasteiger partial charge in [-0.2, -0.15) is 9.78 Å². The average Bonchev–Trinajstić information content (AvgIpc) is 2.44. The fraction of sp³-hybridized carbons (Fsp3) is 0.0833. The summed E-state index contributed by atoms with van der Waals surface area (Å²) in [6.07, 6.45) is 1.24. The molecule has 0 radical (unpaired) electrons. The van der Waals surface area contributed by atoms with Crippen LogP contribution in [-0.4, -0.2) is 22.9 Å². The number of hydrogen-bond donors (Lipinski definition) is 0. The predicted molar refractivity (Wildman–Crippen MR) is 71.2 cm³/mol. The van der Waals surface area contributed by atoms with Crippen LogP contribution in [-0.2, 0) is 4.74 Å². The number of benzene rings is 1. The molecular weight excluding hydrogens is 291 g/mol. The molecule has 0 aliphatic carbocycles. The molecule has 0 amide bonds. The molecule has 5 nitrogen and oxygen atoms in total. The van der Waals surface area contributed by atoms with Crippen molar-refractivity contribution in [2.24, 2.45) is 0 Å². The molecule has 0 aliphatic rings. The van der Waals surface area contributed by atoms with Crippen LogP contribution in [0.4, 0.5) is 0 Å². The maximum Gasteiger partial charge on any atom is 0.340 e. The lowest BCUT2D eigenvalue weighted by atomic mass is 10.2. The van der Waals surface area contributed by atoms with Gasteiger partial charge in [-0.1, -0.05) is 35.3 Å². The highest BCUT2D eigenvalue weighted by atomic mass is 35.5. The first-order chi connectivity index (χ1) is 9.06. The van der Waals surface area contributed by atoms with Crippen LogP contribution in [0.15, 0.2) is 35.3 Å². The Hall–Kier alpha value is -1.85. The van der Waals surface area contributed by atoms with Crippen molar-refractivity contribution in [2.45, 2.75) is 0 Å². The molecule has 0 atom stereocenters. The fourth-order valence-corrected chi connectivity index (χ4v) is 1.78. The lowest BCUT2D eigenvalue weighted by Gasteiger charge is -2.09. The van der Waals surface area contributed by atoms with E-state index < -0.39 is 11.5 Å². The second-order valence-electron chi connectivity index (χ2n) is 3.53. The first kappa shape index (κ1) is 13.6. The third-order valence-corrected chi connectivity index (χ3v) is 3.16. The van der Waals surface area contributed by atoms with Gasteiger partial charge >= 0.3 is 5.97 Å². The molecular formula is C12H8Cl2N2O3. The minimum absolute atomic E-state index is 0.0541. The molecule has 0 aliphatic heterocycles. The van der Waals surface area contributed by atoms with Crippen molar-refractivity contribution in [2.75, 3.05) is 7.11 Å². The Bertz CT molecular complexity index is 698. The summed E-state index contributed by atoms with van der Waals surface area (Å²) in [6, 6.07) is 6.40. The number of para-hydroxylation sites is 1. The lowest BCUT2D eigenvalue weighted by molar-refractivity contribution is 0.0600.